The smallest absolute Gasteiger partial charge is 0.164 e. The molecule has 0 spiro atoms. The molecular weight excluding hydrogens is 1360 g/mol. The van der Waals surface area contributed by atoms with Crippen LogP contribution in [0.1, 0.15) is 0 Å². The Labute approximate surface area is 617 Å². The maximum atomic E-state index is 12.7. The first-order valence-electron chi connectivity index (χ1n) is 35.1. The minimum absolute atomic E-state index is 0.588. The Balaban J connectivity index is 0.000000128. The van der Waals surface area contributed by atoms with Crippen LogP contribution in [0.25, 0.3) is 156 Å². The molecule has 17 rings (SSSR count). The highest BCUT2D eigenvalue weighted by molar-refractivity contribution is 7.70. The lowest BCUT2D eigenvalue weighted by molar-refractivity contribution is 0.587. The zero-order valence-electron chi connectivity index (χ0n) is 59.5. The first-order chi connectivity index (χ1) is 51.4. The van der Waals surface area contributed by atoms with Crippen LogP contribution in [0.4, 0.5) is 0 Å². The third-order valence-electron chi connectivity index (χ3n) is 18.8. The monoisotopic (exact) mass is 1430 g/mol. The second-order valence-corrected chi connectivity index (χ2v) is 37.0. The summed E-state index contributed by atoms with van der Waals surface area (Å²) in [6, 6.07) is 115. The lowest BCUT2D eigenvalue weighted by Crippen LogP contribution is -2.03. The van der Waals surface area contributed by atoms with E-state index in [2.05, 4.69) is 146 Å². The van der Waals surface area contributed by atoms with E-state index in [1.165, 1.54) is 21.9 Å². The Kier molecular flexibility index (Phi) is 19.7. The van der Waals surface area contributed by atoms with Gasteiger partial charge in [0.25, 0.3) is 0 Å². The fourth-order valence-corrected chi connectivity index (χ4v) is 15.8. The van der Waals surface area contributed by atoms with Crippen molar-refractivity contribution in [2.24, 2.45) is 0 Å². The van der Waals surface area contributed by atoms with Gasteiger partial charge >= 0.3 is 0 Å². The summed E-state index contributed by atoms with van der Waals surface area (Å²) in [5.41, 5.74) is 16.5. The van der Waals surface area contributed by atoms with Crippen LogP contribution in [0.2, 0.25) is 0 Å². The van der Waals surface area contributed by atoms with Crippen LogP contribution >= 0.6 is 21.4 Å². The molecule has 514 valence electrons. The second-order valence-electron chi connectivity index (χ2n) is 27.4. The summed E-state index contributed by atoms with van der Waals surface area (Å²) in [6.45, 7) is 10.8. The number of fused-ring (bicyclic) bond motifs is 6. The molecule has 3 heterocycles. The average molecular weight is 1430 g/mol. The number of hydrogen-bond donors (Lipinski definition) is 0. The van der Waals surface area contributed by atoms with Crippen LogP contribution in [0.15, 0.2) is 340 Å². The summed E-state index contributed by atoms with van der Waals surface area (Å²) in [6.07, 6.45) is 0. The van der Waals surface area contributed by atoms with E-state index >= 15 is 0 Å². The van der Waals surface area contributed by atoms with Crippen molar-refractivity contribution in [1.82, 2.24) is 34.9 Å². The van der Waals surface area contributed by atoms with Gasteiger partial charge in [0.15, 0.2) is 34.9 Å². The number of nitrogens with zero attached hydrogens (tertiary/aromatic N) is 7. The van der Waals surface area contributed by atoms with Crippen LogP contribution in [-0.4, -0.2) is 74.9 Å². The van der Waals surface area contributed by atoms with Gasteiger partial charge in [0, 0.05) is 76.4 Å². The van der Waals surface area contributed by atoms with Crippen molar-refractivity contribution in [1.29, 1.82) is 0 Å². The normalized spacial score (nSPS) is 11.6. The molecule has 0 bridgehead atoms. The predicted octanol–water partition coefficient (Wildman–Crippen LogP) is 22.9. The first-order valence-corrected chi connectivity index (χ1v) is 42.9. The minimum atomic E-state index is -2.33. The second kappa shape index (κ2) is 30.0. The highest BCUT2D eigenvalue weighted by atomic mass is 31.2. The van der Waals surface area contributed by atoms with Crippen molar-refractivity contribution in [3.8, 4) is 113 Å². The van der Waals surface area contributed by atoms with Crippen molar-refractivity contribution in [2.75, 3.05) is 40.0 Å². The van der Waals surface area contributed by atoms with E-state index in [9.17, 15) is 13.7 Å². The molecule has 0 saturated carbocycles. The van der Waals surface area contributed by atoms with Crippen LogP contribution in [0.3, 0.4) is 0 Å². The molecule has 17 aromatic rings. The maximum Gasteiger partial charge on any atom is 0.164 e. The number of benzene rings is 14. The minimum Gasteiger partial charge on any atom is -0.319 e. The van der Waals surface area contributed by atoms with E-state index in [-0.39, 0.29) is 0 Å². The van der Waals surface area contributed by atoms with Crippen molar-refractivity contribution in [3.63, 3.8) is 0 Å². The Hall–Kier alpha value is -12.0. The third-order valence-corrected chi connectivity index (χ3v) is 23.5. The molecule has 0 radical (unpaired) electrons. The van der Waals surface area contributed by atoms with Crippen molar-refractivity contribution >= 4 is 80.7 Å². The Bertz CT molecular complexity index is 6060. The zero-order chi connectivity index (χ0) is 72.9. The lowest BCUT2D eigenvalue weighted by Gasteiger charge is -2.15. The molecule has 0 aliphatic carbocycles. The van der Waals surface area contributed by atoms with Gasteiger partial charge < -0.3 is 13.7 Å². The van der Waals surface area contributed by atoms with Crippen LogP contribution < -0.4 is 15.9 Å². The molecule has 0 unspecified atom stereocenters. The lowest BCUT2D eigenvalue weighted by atomic mass is 9.91. The van der Waals surface area contributed by atoms with E-state index in [0.29, 0.717) is 34.9 Å². The van der Waals surface area contributed by atoms with E-state index < -0.39 is 21.4 Å². The molecule has 14 aromatic carbocycles. The highest BCUT2D eigenvalue weighted by Crippen LogP contribution is 2.43. The summed E-state index contributed by atoms with van der Waals surface area (Å²) in [7, 11) is -6.94. The summed E-state index contributed by atoms with van der Waals surface area (Å²) in [5, 5.41) is 9.64. The fourth-order valence-electron chi connectivity index (χ4n) is 13.1. The van der Waals surface area contributed by atoms with E-state index in [4.69, 9.17) is 34.9 Å². The molecule has 13 heteroatoms. The quantitative estimate of drug-likeness (QED) is 0.0622. The molecule has 0 amide bonds. The van der Waals surface area contributed by atoms with Gasteiger partial charge in [-0.3, -0.25) is 0 Å². The largest absolute Gasteiger partial charge is 0.319 e. The molecule has 0 aliphatic rings. The average Bonchev–Trinajstić information content (AvgIpc) is 0.731. The SMILES string of the molecule is CP(C)(=O)c1ccc(-c2cccc(-c3nc(-c4ccccc4)nc(-c4ccccc4)n3)c2)cc1.CP(C)(=O)c1ccc(-c2nc(-c3ccccc3)nc(-c3ccc(-c4ccccc4)cc3)n2)cc1.CP(C)(=O)c1cccc(-c2ccc(-c3c4ccc5ccccc5c4nc4c3ccc3ccccc34)cc2)c1. The summed E-state index contributed by atoms with van der Waals surface area (Å²) in [5.74, 6) is 3.72. The maximum absolute atomic E-state index is 12.7. The molecule has 0 aliphatic heterocycles. The van der Waals surface area contributed by atoms with Crippen molar-refractivity contribution in [2.45, 2.75) is 0 Å². The number of hydrogen-bond acceptors (Lipinski definition) is 10. The number of aromatic nitrogens is 7. The van der Waals surface area contributed by atoms with Crippen LogP contribution in [0, 0.1) is 0 Å². The van der Waals surface area contributed by atoms with Gasteiger partial charge in [-0.05, 0) is 102 Å². The van der Waals surface area contributed by atoms with Gasteiger partial charge in [-0.2, -0.15) is 0 Å². The number of pyridine rings is 1. The van der Waals surface area contributed by atoms with E-state index in [1.807, 2.05) is 207 Å². The van der Waals surface area contributed by atoms with Crippen molar-refractivity contribution < 1.29 is 13.7 Å². The summed E-state index contributed by atoms with van der Waals surface area (Å²) < 4.78 is 37.5. The fraction of sp³-hybridized carbons (Fsp3) is 0.0645. The molecule has 0 atom stereocenters. The standard InChI is InChI=1S/C35H26NOP.2C29H24N3OP/c1-38(2,37)28-11-7-10-27(22-28)23-14-16-26(17-15-23)33-31-20-18-24-8-3-5-12-29(24)34(31)36-35-30-13-6-4-9-25(30)19-21-32(33)35;1-34(2,33)26-18-16-21(17-19-26)24-14-9-15-25(20-24)29-31-27(22-10-5-3-6-11-22)30-28(32-29)23-12-7-4-8-13-23;1-34(2,33)26-19-17-25(18-20-26)29-31-27(23-11-7-4-8-12-23)30-28(32-29)24-15-13-22(14-16-24)21-9-5-3-6-10-21/h3-22H,1-2H3;2*3-20H,1-2H3. The van der Waals surface area contributed by atoms with Gasteiger partial charge in [0.1, 0.15) is 21.4 Å². The number of rotatable bonds is 13. The van der Waals surface area contributed by atoms with Gasteiger partial charge in [-0.25, -0.2) is 34.9 Å². The Morgan fingerprint density at radius 2 is 0.462 bits per heavy atom. The van der Waals surface area contributed by atoms with Gasteiger partial charge in [-0.15, -0.1) is 0 Å². The molecule has 0 saturated heterocycles. The van der Waals surface area contributed by atoms with Gasteiger partial charge in [-0.1, -0.05) is 328 Å². The molecule has 106 heavy (non-hydrogen) atoms. The van der Waals surface area contributed by atoms with Crippen LogP contribution in [-0.2, 0) is 13.7 Å². The van der Waals surface area contributed by atoms with Gasteiger partial charge in [0.2, 0.25) is 0 Å². The van der Waals surface area contributed by atoms with Gasteiger partial charge in [0.05, 0.1) is 11.0 Å². The molecule has 0 fully saturated rings. The highest BCUT2D eigenvalue weighted by Gasteiger charge is 2.20. The zero-order valence-corrected chi connectivity index (χ0v) is 62.2. The summed E-state index contributed by atoms with van der Waals surface area (Å²) in [4.78, 5) is 34.1. The van der Waals surface area contributed by atoms with Crippen molar-refractivity contribution in [3.05, 3.63) is 340 Å². The summed E-state index contributed by atoms with van der Waals surface area (Å²) >= 11 is 0. The molecular formula is C93H74N7O3P3. The Morgan fingerprint density at radius 3 is 0.868 bits per heavy atom. The third kappa shape index (κ3) is 15.5. The Morgan fingerprint density at radius 1 is 0.189 bits per heavy atom. The topological polar surface area (TPSA) is 141 Å². The first kappa shape index (κ1) is 69.7. The van der Waals surface area contributed by atoms with Crippen LogP contribution in [0.5, 0.6) is 0 Å². The molecule has 10 nitrogen and oxygen atoms in total. The van der Waals surface area contributed by atoms with E-state index in [1.54, 1.807) is 26.7 Å². The predicted molar refractivity (Wildman–Crippen MR) is 446 cm³/mol. The molecule has 0 N–H and O–H groups in total. The molecule has 3 aromatic heterocycles. The van der Waals surface area contributed by atoms with E-state index in [0.717, 1.165) is 115 Å².